The highest BCUT2D eigenvalue weighted by molar-refractivity contribution is 9.10. The van der Waals surface area contributed by atoms with E-state index in [-0.39, 0.29) is 19.0 Å². The molecule has 2 rings (SSSR count). The number of hydrogen-bond donors (Lipinski definition) is 1. The monoisotopic (exact) mass is 330 g/mol. The Morgan fingerprint density at radius 1 is 1.28 bits per heavy atom. The fourth-order valence-corrected chi connectivity index (χ4v) is 2.09. The van der Waals surface area contributed by atoms with Gasteiger partial charge in [-0.15, -0.1) is 0 Å². The quantitative estimate of drug-likeness (QED) is 0.786. The van der Waals surface area contributed by atoms with Crippen LogP contribution >= 0.6 is 27.5 Å². The van der Waals surface area contributed by atoms with Crippen molar-refractivity contribution in [1.29, 1.82) is 0 Å². The summed E-state index contributed by atoms with van der Waals surface area (Å²) in [6.45, 7) is -0.240. The van der Waals surface area contributed by atoms with Crippen molar-refractivity contribution in [2.24, 2.45) is 0 Å². The molecule has 1 aromatic rings. The van der Waals surface area contributed by atoms with E-state index in [1.807, 2.05) is 0 Å². The largest absolute Gasteiger partial charge is 0.320 e. The first-order chi connectivity index (χ1) is 8.47. The lowest BCUT2D eigenvalue weighted by atomic mass is 10.2. The molecule has 1 aliphatic heterocycles. The summed E-state index contributed by atoms with van der Waals surface area (Å²) in [5.41, 5.74) is 0.369. The van der Waals surface area contributed by atoms with Crippen LogP contribution in [-0.4, -0.2) is 35.7 Å². The number of imide groups is 1. The maximum absolute atomic E-state index is 12.1. The Morgan fingerprint density at radius 2 is 1.89 bits per heavy atom. The zero-order chi connectivity index (χ0) is 13.3. The van der Waals surface area contributed by atoms with Crippen LogP contribution in [0.2, 0.25) is 5.02 Å². The lowest BCUT2D eigenvalue weighted by Gasteiger charge is -2.25. The van der Waals surface area contributed by atoms with Crippen LogP contribution in [0.5, 0.6) is 0 Å². The summed E-state index contributed by atoms with van der Waals surface area (Å²) in [5.74, 6) is -1.34. The molecule has 0 aromatic heterocycles. The summed E-state index contributed by atoms with van der Waals surface area (Å²) in [4.78, 5) is 35.6. The number of hydrogen-bond acceptors (Lipinski definition) is 3. The molecule has 1 fully saturated rings. The van der Waals surface area contributed by atoms with E-state index in [1.165, 1.54) is 4.90 Å². The predicted octanol–water partition coefficient (Wildman–Crippen LogP) is 1.20. The van der Waals surface area contributed by atoms with Gasteiger partial charge >= 0.3 is 0 Å². The van der Waals surface area contributed by atoms with Crippen molar-refractivity contribution in [1.82, 2.24) is 10.2 Å². The molecule has 7 heteroatoms. The van der Waals surface area contributed by atoms with E-state index in [9.17, 15) is 14.4 Å². The van der Waals surface area contributed by atoms with Crippen LogP contribution in [-0.2, 0) is 9.59 Å². The molecule has 3 amide bonds. The summed E-state index contributed by atoms with van der Waals surface area (Å²) >= 11 is 9.04. The highest BCUT2D eigenvalue weighted by Crippen LogP contribution is 2.23. The maximum atomic E-state index is 12.1. The average molecular weight is 332 g/mol. The molecule has 0 spiro atoms. The molecule has 1 aliphatic rings. The van der Waals surface area contributed by atoms with Crippen LogP contribution in [0.15, 0.2) is 22.7 Å². The third-order valence-corrected chi connectivity index (χ3v) is 3.62. The highest BCUT2D eigenvalue weighted by atomic mass is 79.9. The molecular formula is C11H8BrClN2O3. The number of halogens is 2. The van der Waals surface area contributed by atoms with Crippen LogP contribution in [0.1, 0.15) is 10.4 Å². The van der Waals surface area contributed by atoms with Gasteiger partial charge in [0.25, 0.3) is 5.91 Å². The van der Waals surface area contributed by atoms with Crippen molar-refractivity contribution in [3.05, 3.63) is 33.3 Å². The number of carbonyl (C=O) groups is 3. The van der Waals surface area contributed by atoms with Gasteiger partial charge in [-0.1, -0.05) is 11.6 Å². The number of amides is 3. The first-order valence-electron chi connectivity index (χ1n) is 5.04. The zero-order valence-electron chi connectivity index (χ0n) is 9.07. The molecule has 0 saturated carbocycles. The molecule has 18 heavy (non-hydrogen) atoms. The highest BCUT2D eigenvalue weighted by Gasteiger charge is 2.27. The van der Waals surface area contributed by atoms with Gasteiger partial charge in [0.2, 0.25) is 11.8 Å². The summed E-state index contributed by atoms with van der Waals surface area (Å²) in [6.07, 6.45) is 0. The Bertz CT molecular complexity index is 531. The van der Waals surface area contributed by atoms with E-state index >= 15 is 0 Å². The third kappa shape index (κ3) is 2.70. The molecule has 94 valence electrons. The maximum Gasteiger partial charge on any atom is 0.254 e. The van der Waals surface area contributed by atoms with Gasteiger partial charge in [-0.2, -0.15) is 0 Å². The topological polar surface area (TPSA) is 66.5 Å². The summed E-state index contributed by atoms with van der Waals surface area (Å²) in [5, 5.41) is 2.62. The van der Waals surface area contributed by atoms with Crippen molar-refractivity contribution in [3.63, 3.8) is 0 Å². The van der Waals surface area contributed by atoms with Crippen LogP contribution in [0.25, 0.3) is 0 Å². The number of rotatable bonds is 1. The van der Waals surface area contributed by atoms with Crippen LogP contribution in [0.3, 0.4) is 0 Å². The Morgan fingerprint density at radius 3 is 2.44 bits per heavy atom. The summed E-state index contributed by atoms with van der Waals surface area (Å²) < 4.78 is 0.586. The van der Waals surface area contributed by atoms with Gasteiger partial charge in [0.15, 0.2) is 0 Å². The van der Waals surface area contributed by atoms with Gasteiger partial charge in [0, 0.05) is 10.0 Å². The van der Waals surface area contributed by atoms with E-state index < -0.39 is 11.8 Å². The lowest BCUT2D eigenvalue weighted by molar-refractivity contribution is -0.135. The van der Waals surface area contributed by atoms with E-state index in [2.05, 4.69) is 21.2 Å². The molecule has 1 saturated heterocycles. The lowest BCUT2D eigenvalue weighted by Crippen LogP contribution is -2.53. The van der Waals surface area contributed by atoms with Crippen molar-refractivity contribution < 1.29 is 14.4 Å². The normalized spacial score (nSPS) is 15.6. The Labute approximate surface area is 116 Å². The van der Waals surface area contributed by atoms with E-state index in [0.29, 0.717) is 15.1 Å². The Hall–Kier alpha value is -1.40. The minimum absolute atomic E-state index is 0.120. The van der Waals surface area contributed by atoms with Crippen LogP contribution < -0.4 is 5.32 Å². The van der Waals surface area contributed by atoms with Gasteiger partial charge < -0.3 is 4.90 Å². The van der Waals surface area contributed by atoms with E-state index in [1.54, 1.807) is 18.2 Å². The van der Waals surface area contributed by atoms with Crippen molar-refractivity contribution in [3.8, 4) is 0 Å². The van der Waals surface area contributed by atoms with E-state index in [4.69, 9.17) is 11.6 Å². The molecule has 1 aromatic carbocycles. The minimum Gasteiger partial charge on any atom is -0.320 e. The molecule has 0 atom stereocenters. The van der Waals surface area contributed by atoms with Crippen LogP contribution in [0.4, 0.5) is 0 Å². The number of nitrogens with one attached hydrogen (secondary N) is 1. The fraction of sp³-hybridized carbons (Fsp3) is 0.182. The Kier molecular flexibility index (Phi) is 3.68. The summed E-state index contributed by atoms with van der Waals surface area (Å²) in [7, 11) is 0. The first kappa shape index (κ1) is 13.0. The molecule has 0 unspecified atom stereocenters. The second-order valence-corrected chi connectivity index (χ2v) is 5.02. The number of nitrogens with zero attached hydrogens (tertiary/aromatic N) is 1. The SMILES string of the molecule is O=C1CN(C(=O)c2ccc(Cl)c(Br)c2)CC(=O)N1. The standard InChI is InChI=1S/C11H8BrClN2O3/c12-7-3-6(1-2-8(7)13)11(18)15-4-9(16)14-10(17)5-15/h1-3H,4-5H2,(H,14,16,17). The van der Waals surface area contributed by atoms with Gasteiger partial charge in [0.1, 0.15) is 13.1 Å². The smallest absolute Gasteiger partial charge is 0.254 e. The number of benzene rings is 1. The average Bonchev–Trinajstić information content (AvgIpc) is 2.30. The van der Waals surface area contributed by atoms with Crippen molar-refractivity contribution in [2.45, 2.75) is 0 Å². The Balaban J connectivity index is 2.22. The van der Waals surface area contributed by atoms with Crippen molar-refractivity contribution in [2.75, 3.05) is 13.1 Å². The number of piperazine rings is 1. The van der Waals surface area contributed by atoms with Gasteiger partial charge in [-0.05, 0) is 34.1 Å². The van der Waals surface area contributed by atoms with Crippen LogP contribution in [0, 0.1) is 0 Å². The molecule has 0 radical (unpaired) electrons. The molecule has 0 aliphatic carbocycles. The molecule has 0 bridgehead atoms. The van der Waals surface area contributed by atoms with Gasteiger partial charge in [0.05, 0.1) is 5.02 Å². The van der Waals surface area contributed by atoms with Crippen molar-refractivity contribution >= 4 is 45.3 Å². The fourth-order valence-electron chi connectivity index (χ4n) is 1.59. The minimum atomic E-state index is -0.479. The molecule has 1 N–H and O–H groups in total. The second kappa shape index (κ2) is 5.07. The molecule has 5 nitrogen and oxygen atoms in total. The second-order valence-electron chi connectivity index (χ2n) is 3.76. The first-order valence-corrected chi connectivity index (χ1v) is 6.21. The summed E-state index contributed by atoms with van der Waals surface area (Å²) in [6, 6.07) is 4.68. The van der Waals surface area contributed by atoms with Gasteiger partial charge in [-0.25, -0.2) is 0 Å². The van der Waals surface area contributed by atoms with E-state index in [0.717, 1.165) is 0 Å². The molecular weight excluding hydrogens is 323 g/mol. The zero-order valence-corrected chi connectivity index (χ0v) is 11.4. The third-order valence-electron chi connectivity index (χ3n) is 2.40. The number of carbonyl (C=O) groups excluding carboxylic acids is 3. The molecule has 1 heterocycles. The van der Waals surface area contributed by atoms with Gasteiger partial charge in [-0.3, -0.25) is 19.7 Å². The predicted molar refractivity (Wildman–Crippen MR) is 68.2 cm³/mol.